The van der Waals surface area contributed by atoms with Crippen LogP contribution in [0.15, 0.2) is 33.5 Å². The van der Waals surface area contributed by atoms with E-state index in [1.807, 2.05) is 24.3 Å². The van der Waals surface area contributed by atoms with Crippen molar-refractivity contribution in [2.24, 2.45) is 0 Å². The second kappa shape index (κ2) is 10.0. The van der Waals surface area contributed by atoms with Crippen LogP contribution in [0.5, 0.6) is 0 Å². The topological polar surface area (TPSA) is 75.3 Å². The summed E-state index contributed by atoms with van der Waals surface area (Å²) in [6.45, 7) is 2.19. The molecule has 2 aromatic rings. The Labute approximate surface area is 181 Å². The maximum absolute atomic E-state index is 13.1. The van der Waals surface area contributed by atoms with Crippen molar-refractivity contribution in [1.82, 2.24) is 9.47 Å². The Kier molecular flexibility index (Phi) is 7.42. The van der Waals surface area contributed by atoms with Crippen molar-refractivity contribution in [3.8, 4) is 6.07 Å². The van der Waals surface area contributed by atoms with E-state index in [9.17, 15) is 14.9 Å². The number of carbonyl (C=O) groups is 1. The number of aromatic nitrogens is 1. The fraction of sp³-hybridized carbons (Fsp3) is 0.381. The summed E-state index contributed by atoms with van der Waals surface area (Å²) in [6, 6.07) is 9.67. The first-order valence-corrected chi connectivity index (χ1v) is 11.1. The van der Waals surface area contributed by atoms with Crippen LogP contribution in [0, 0.1) is 11.3 Å². The minimum absolute atomic E-state index is 0.0400. The average Bonchev–Trinajstić information content (AvgIpc) is 3.35. The maximum Gasteiger partial charge on any atom is 0.269 e. The maximum atomic E-state index is 13.1. The molecule has 0 bridgehead atoms. The van der Waals surface area contributed by atoms with E-state index in [1.54, 1.807) is 22.7 Å². The van der Waals surface area contributed by atoms with Gasteiger partial charge in [-0.05, 0) is 37.0 Å². The molecule has 0 aliphatic carbocycles. The normalized spacial score (nSPS) is 15.5. The number of likely N-dealkylation sites (tertiary alicyclic amines) is 1. The number of nitrogens with zero attached hydrogens (tertiary/aromatic N) is 3. The van der Waals surface area contributed by atoms with Crippen LogP contribution in [0.25, 0.3) is 11.6 Å². The molecule has 1 aliphatic rings. The molecule has 3 rings (SSSR count). The molecule has 8 heteroatoms. The summed E-state index contributed by atoms with van der Waals surface area (Å²) < 4.78 is 8.43. The highest BCUT2D eigenvalue weighted by atomic mass is 79.9. The molecule has 29 heavy (non-hydrogen) atoms. The molecule has 152 valence electrons. The Bertz CT molecular complexity index is 1110. The number of hydrogen-bond acceptors (Lipinski definition) is 5. The van der Waals surface area contributed by atoms with Crippen LogP contribution in [-0.4, -0.2) is 42.2 Å². The van der Waals surface area contributed by atoms with Crippen LogP contribution in [0.3, 0.4) is 0 Å². The van der Waals surface area contributed by atoms with Gasteiger partial charge in [-0.25, -0.2) is 0 Å². The average molecular weight is 476 g/mol. The molecule has 0 atom stereocenters. The van der Waals surface area contributed by atoms with Crippen molar-refractivity contribution < 1.29 is 9.53 Å². The Morgan fingerprint density at radius 1 is 1.34 bits per heavy atom. The quantitative estimate of drug-likeness (QED) is 0.597. The lowest BCUT2D eigenvalue weighted by molar-refractivity contribution is -0.123. The number of carbonyl (C=O) groups excluding carboxylic acids is 1. The molecule has 1 fully saturated rings. The minimum Gasteiger partial charge on any atom is -0.385 e. The number of ether oxygens (including phenoxy) is 1. The van der Waals surface area contributed by atoms with E-state index in [-0.39, 0.29) is 17.0 Å². The number of halogens is 1. The van der Waals surface area contributed by atoms with Gasteiger partial charge in [0.1, 0.15) is 10.7 Å². The molecule has 1 aromatic heterocycles. The summed E-state index contributed by atoms with van der Waals surface area (Å²) in [5, 5.41) is 9.75. The van der Waals surface area contributed by atoms with E-state index >= 15 is 0 Å². The van der Waals surface area contributed by atoms with Crippen molar-refractivity contribution in [2.75, 3.05) is 26.8 Å². The highest BCUT2D eigenvalue weighted by Gasteiger charge is 2.24. The number of amides is 1. The molecule has 2 heterocycles. The lowest BCUT2D eigenvalue weighted by Crippen LogP contribution is -2.36. The van der Waals surface area contributed by atoms with Crippen molar-refractivity contribution in [3.63, 3.8) is 0 Å². The van der Waals surface area contributed by atoms with Gasteiger partial charge in [0.2, 0.25) is 0 Å². The van der Waals surface area contributed by atoms with E-state index in [4.69, 9.17) is 4.74 Å². The van der Waals surface area contributed by atoms with Crippen LogP contribution >= 0.6 is 27.3 Å². The molecule has 1 aliphatic heterocycles. The third-order valence-corrected chi connectivity index (χ3v) is 6.61. The number of thiazole rings is 1. The SMILES string of the molecule is COCCCn1c(=O)/c(=C/c2ccccc2Br)s/c1=C(/C#N)C(=O)N1CCCC1. The van der Waals surface area contributed by atoms with E-state index < -0.39 is 0 Å². The molecular formula is C21H22BrN3O3S. The Morgan fingerprint density at radius 2 is 2.07 bits per heavy atom. The summed E-state index contributed by atoms with van der Waals surface area (Å²) in [6.07, 6.45) is 4.29. The lowest BCUT2D eigenvalue weighted by Gasteiger charge is -2.14. The smallest absolute Gasteiger partial charge is 0.269 e. The summed E-state index contributed by atoms with van der Waals surface area (Å²) in [5.74, 6) is -0.292. The van der Waals surface area contributed by atoms with Gasteiger partial charge < -0.3 is 9.64 Å². The fourth-order valence-corrected chi connectivity index (χ4v) is 4.78. The van der Waals surface area contributed by atoms with Crippen LogP contribution in [0.1, 0.15) is 24.8 Å². The van der Waals surface area contributed by atoms with Gasteiger partial charge in [0, 0.05) is 37.8 Å². The molecule has 0 spiro atoms. The van der Waals surface area contributed by atoms with Gasteiger partial charge in [-0.2, -0.15) is 5.26 Å². The Balaban J connectivity index is 2.19. The zero-order chi connectivity index (χ0) is 20.8. The molecule has 0 unspecified atom stereocenters. The first kappa shape index (κ1) is 21.5. The first-order chi connectivity index (χ1) is 14.1. The molecule has 6 nitrogen and oxygen atoms in total. The third-order valence-electron chi connectivity index (χ3n) is 4.76. The van der Waals surface area contributed by atoms with Crippen molar-refractivity contribution in [1.29, 1.82) is 5.26 Å². The number of benzene rings is 1. The summed E-state index contributed by atoms with van der Waals surface area (Å²) in [5.41, 5.74) is 0.711. The highest BCUT2D eigenvalue weighted by Crippen LogP contribution is 2.16. The standard InChI is InChI=1S/C21H22BrN3O3S/c1-28-12-6-11-25-20(27)18(13-15-7-2-3-8-17(15)22)29-21(25)16(14-23)19(26)24-9-4-5-10-24/h2-3,7-8,13H,4-6,9-12H2,1H3/b18-13-,21-16-. The number of nitriles is 1. The molecule has 1 saturated heterocycles. The molecule has 0 N–H and O–H groups in total. The van der Waals surface area contributed by atoms with Crippen molar-refractivity contribution >= 4 is 44.8 Å². The Hall–Kier alpha value is -2.21. The van der Waals surface area contributed by atoms with Gasteiger partial charge in [-0.15, -0.1) is 11.3 Å². The Morgan fingerprint density at radius 3 is 2.72 bits per heavy atom. The summed E-state index contributed by atoms with van der Waals surface area (Å²) in [4.78, 5) is 27.7. The number of methoxy groups -OCH3 is 1. The number of hydrogen-bond donors (Lipinski definition) is 0. The lowest BCUT2D eigenvalue weighted by atomic mass is 10.2. The van der Waals surface area contributed by atoms with Gasteiger partial charge >= 0.3 is 0 Å². The summed E-state index contributed by atoms with van der Waals surface area (Å²) in [7, 11) is 1.60. The van der Waals surface area contributed by atoms with Gasteiger partial charge in [0.25, 0.3) is 11.5 Å². The second-order valence-electron chi connectivity index (χ2n) is 6.73. The van der Waals surface area contributed by atoms with E-state index in [1.165, 1.54) is 11.3 Å². The van der Waals surface area contributed by atoms with Crippen LogP contribution in [0.2, 0.25) is 0 Å². The van der Waals surface area contributed by atoms with E-state index in [0.29, 0.717) is 41.9 Å². The zero-order valence-corrected chi connectivity index (χ0v) is 18.6. The van der Waals surface area contributed by atoms with E-state index in [0.717, 1.165) is 22.9 Å². The van der Waals surface area contributed by atoms with E-state index in [2.05, 4.69) is 22.0 Å². The van der Waals surface area contributed by atoms with Gasteiger partial charge in [-0.3, -0.25) is 14.2 Å². The van der Waals surface area contributed by atoms with Gasteiger partial charge in [0.05, 0.1) is 4.53 Å². The van der Waals surface area contributed by atoms with Crippen LogP contribution in [0.4, 0.5) is 0 Å². The minimum atomic E-state index is -0.292. The largest absolute Gasteiger partial charge is 0.385 e. The summed E-state index contributed by atoms with van der Waals surface area (Å²) >= 11 is 4.69. The predicted molar refractivity (Wildman–Crippen MR) is 117 cm³/mol. The van der Waals surface area contributed by atoms with Crippen molar-refractivity contribution in [2.45, 2.75) is 25.8 Å². The van der Waals surface area contributed by atoms with Gasteiger partial charge in [-0.1, -0.05) is 34.1 Å². The third kappa shape index (κ3) is 4.86. The van der Waals surface area contributed by atoms with Crippen LogP contribution < -0.4 is 14.8 Å². The monoisotopic (exact) mass is 475 g/mol. The number of rotatable bonds is 6. The molecular weight excluding hydrogens is 454 g/mol. The molecule has 1 amide bonds. The fourth-order valence-electron chi connectivity index (χ4n) is 3.27. The highest BCUT2D eigenvalue weighted by molar-refractivity contribution is 9.10. The predicted octanol–water partition coefficient (Wildman–Crippen LogP) is 1.83. The molecule has 0 radical (unpaired) electrons. The second-order valence-corrected chi connectivity index (χ2v) is 8.61. The molecule has 0 saturated carbocycles. The first-order valence-electron chi connectivity index (χ1n) is 9.45. The van der Waals surface area contributed by atoms with Gasteiger partial charge in [0.15, 0.2) is 5.57 Å². The zero-order valence-electron chi connectivity index (χ0n) is 16.2. The van der Waals surface area contributed by atoms with Crippen molar-refractivity contribution in [3.05, 3.63) is 53.9 Å². The van der Waals surface area contributed by atoms with Crippen LogP contribution in [-0.2, 0) is 16.1 Å². The molecule has 1 aromatic carbocycles.